The first-order valence-electron chi connectivity index (χ1n) is 5.73. The van der Waals surface area contributed by atoms with Crippen molar-refractivity contribution in [2.45, 2.75) is 19.5 Å². The zero-order valence-electron chi connectivity index (χ0n) is 10.3. The average molecular weight is 230 g/mol. The summed E-state index contributed by atoms with van der Waals surface area (Å²) in [5, 5.41) is 0. The third kappa shape index (κ3) is 2.88. The van der Waals surface area contributed by atoms with Crippen molar-refractivity contribution in [2.75, 3.05) is 7.11 Å². The number of hydrogen-bond acceptors (Lipinski definition) is 2. The maximum atomic E-state index is 5.83. The molecule has 0 bridgehead atoms. The Labute approximate surface area is 102 Å². The molecular weight excluding hydrogens is 212 g/mol. The summed E-state index contributed by atoms with van der Waals surface area (Å²) in [6.07, 6.45) is 4.15. The maximum Gasteiger partial charge on any atom is 0.118 e. The van der Waals surface area contributed by atoms with Crippen molar-refractivity contribution in [3.8, 4) is 5.75 Å². The van der Waals surface area contributed by atoms with E-state index in [0.717, 1.165) is 12.3 Å². The summed E-state index contributed by atoms with van der Waals surface area (Å²) < 4.78 is 7.27. The predicted molar refractivity (Wildman–Crippen MR) is 69.1 cm³/mol. The van der Waals surface area contributed by atoms with E-state index in [9.17, 15) is 0 Å². The van der Waals surface area contributed by atoms with Crippen LogP contribution in [0.15, 0.2) is 42.7 Å². The van der Waals surface area contributed by atoms with Gasteiger partial charge in [0.05, 0.1) is 7.11 Å². The van der Waals surface area contributed by atoms with Crippen LogP contribution in [0.2, 0.25) is 0 Å². The van der Waals surface area contributed by atoms with E-state index in [-0.39, 0.29) is 6.04 Å². The Kier molecular flexibility index (Phi) is 3.49. The van der Waals surface area contributed by atoms with Gasteiger partial charge in [0.25, 0.3) is 0 Å². The molecule has 1 aromatic heterocycles. The fraction of sp³-hybridized carbons (Fsp3) is 0.286. The van der Waals surface area contributed by atoms with Crippen molar-refractivity contribution in [3.05, 3.63) is 53.9 Å². The van der Waals surface area contributed by atoms with Gasteiger partial charge in [0, 0.05) is 25.0 Å². The van der Waals surface area contributed by atoms with Crippen molar-refractivity contribution in [1.82, 2.24) is 4.57 Å². The van der Waals surface area contributed by atoms with Gasteiger partial charge in [-0.1, -0.05) is 12.1 Å². The molecule has 2 N–H and O–H groups in total. The lowest BCUT2D eigenvalue weighted by Crippen LogP contribution is -2.03. The van der Waals surface area contributed by atoms with E-state index < -0.39 is 0 Å². The Balaban J connectivity index is 2.08. The van der Waals surface area contributed by atoms with Gasteiger partial charge in [-0.15, -0.1) is 0 Å². The SMILES string of the molecule is COc1ccc(Cn2ccc(C(C)N)c2)cc1. The van der Waals surface area contributed by atoms with Crippen LogP contribution >= 0.6 is 0 Å². The maximum absolute atomic E-state index is 5.83. The zero-order chi connectivity index (χ0) is 12.3. The van der Waals surface area contributed by atoms with Crippen LogP contribution in [0, 0.1) is 0 Å². The van der Waals surface area contributed by atoms with Gasteiger partial charge >= 0.3 is 0 Å². The smallest absolute Gasteiger partial charge is 0.118 e. The monoisotopic (exact) mass is 230 g/mol. The van der Waals surface area contributed by atoms with Gasteiger partial charge in [0.2, 0.25) is 0 Å². The van der Waals surface area contributed by atoms with Crippen LogP contribution in [-0.2, 0) is 6.54 Å². The first-order valence-corrected chi connectivity index (χ1v) is 5.73. The lowest BCUT2D eigenvalue weighted by atomic mass is 10.2. The molecule has 3 heteroatoms. The quantitative estimate of drug-likeness (QED) is 0.877. The summed E-state index contributed by atoms with van der Waals surface area (Å²) >= 11 is 0. The molecule has 0 aliphatic carbocycles. The van der Waals surface area contributed by atoms with Gasteiger partial charge in [0.15, 0.2) is 0 Å². The molecule has 0 amide bonds. The molecule has 3 nitrogen and oxygen atoms in total. The molecule has 0 spiro atoms. The Hall–Kier alpha value is -1.74. The summed E-state index contributed by atoms with van der Waals surface area (Å²) in [7, 11) is 1.68. The van der Waals surface area contributed by atoms with Crippen LogP contribution in [0.3, 0.4) is 0 Å². The van der Waals surface area contributed by atoms with E-state index in [1.807, 2.05) is 19.1 Å². The van der Waals surface area contributed by atoms with Crippen LogP contribution < -0.4 is 10.5 Å². The number of ether oxygens (including phenoxy) is 1. The molecule has 0 fully saturated rings. The molecule has 1 unspecified atom stereocenters. The van der Waals surface area contributed by atoms with Crippen LogP contribution in [0.25, 0.3) is 0 Å². The predicted octanol–water partition coefficient (Wildman–Crippen LogP) is 2.56. The Morgan fingerprint density at radius 3 is 2.47 bits per heavy atom. The molecule has 0 radical (unpaired) electrons. The van der Waals surface area contributed by atoms with Crippen molar-refractivity contribution in [3.63, 3.8) is 0 Å². The summed E-state index contributed by atoms with van der Waals surface area (Å²) in [4.78, 5) is 0. The summed E-state index contributed by atoms with van der Waals surface area (Å²) in [5.74, 6) is 0.887. The summed E-state index contributed by atoms with van der Waals surface area (Å²) in [6, 6.07) is 10.3. The second-order valence-corrected chi connectivity index (χ2v) is 4.25. The lowest BCUT2D eigenvalue weighted by molar-refractivity contribution is 0.414. The number of nitrogens with zero attached hydrogens (tertiary/aromatic N) is 1. The van der Waals surface area contributed by atoms with E-state index >= 15 is 0 Å². The molecule has 17 heavy (non-hydrogen) atoms. The minimum atomic E-state index is 0.0899. The highest BCUT2D eigenvalue weighted by Crippen LogP contribution is 2.14. The normalized spacial score (nSPS) is 12.4. The number of rotatable bonds is 4. The van der Waals surface area contributed by atoms with E-state index in [1.54, 1.807) is 7.11 Å². The number of hydrogen-bond donors (Lipinski definition) is 1. The zero-order valence-corrected chi connectivity index (χ0v) is 10.3. The van der Waals surface area contributed by atoms with Gasteiger partial charge in [-0.05, 0) is 36.2 Å². The molecule has 2 rings (SSSR count). The van der Waals surface area contributed by atoms with Gasteiger partial charge in [-0.2, -0.15) is 0 Å². The molecule has 0 saturated heterocycles. The average Bonchev–Trinajstić information content (AvgIpc) is 2.79. The molecule has 0 aliphatic rings. The minimum Gasteiger partial charge on any atom is -0.497 e. The van der Waals surface area contributed by atoms with E-state index in [4.69, 9.17) is 10.5 Å². The highest BCUT2D eigenvalue weighted by Gasteiger charge is 2.02. The Bertz CT molecular complexity index is 471. The molecular formula is C14H18N2O. The molecule has 1 heterocycles. The highest BCUT2D eigenvalue weighted by molar-refractivity contribution is 5.27. The Morgan fingerprint density at radius 1 is 1.24 bits per heavy atom. The molecule has 1 aromatic carbocycles. The summed E-state index contributed by atoms with van der Waals surface area (Å²) in [5.41, 5.74) is 8.24. The standard InChI is InChI=1S/C14H18N2O/c1-11(15)13-7-8-16(10-13)9-12-3-5-14(17-2)6-4-12/h3-8,10-11H,9,15H2,1-2H3. The van der Waals surface area contributed by atoms with Crippen LogP contribution in [0.4, 0.5) is 0 Å². The molecule has 0 aliphatic heterocycles. The van der Waals surface area contributed by atoms with Crippen LogP contribution in [0.5, 0.6) is 5.75 Å². The van der Waals surface area contributed by atoms with Crippen molar-refractivity contribution < 1.29 is 4.74 Å². The fourth-order valence-electron chi connectivity index (χ4n) is 1.77. The minimum absolute atomic E-state index is 0.0899. The fourth-order valence-corrected chi connectivity index (χ4v) is 1.77. The molecule has 0 saturated carbocycles. The van der Waals surface area contributed by atoms with E-state index in [0.29, 0.717) is 0 Å². The van der Waals surface area contributed by atoms with Crippen LogP contribution in [0.1, 0.15) is 24.1 Å². The largest absolute Gasteiger partial charge is 0.497 e. The number of benzene rings is 1. The second-order valence-electron chi connectivity index (χ2n) is 4.25. The first kappa shape index (κ1) is 11.7. The highest BCUT2D eigenvalue weighted by atomic mass is 16.5. The number of methoxy groups -OCH3 is 1. The summed E-state index contributed by atoms with van der Waals surface area (Å²) in [6.45, 7) is 2.85. The topological polar surface area (TPSA) is 40.2 Å². The second kappa shape index (κ2) is 5.06. The molecule has 2 aromatic rings. The van der Waals surface area contributed by atoms with Gasteiger partial charge in [-0.3, -0.25) is 0 Å². The number of nitrogens with two attached hydrogens (primary N) is 1. The molecule has 1 atom stereocenters. The van der Waals surface area contributed by atoms with Crippen molar-refractivity contribution >= 4 is 0 Å². The number of aromatic nitrogens is 1. The third-order valence-electron chi connectivity index (χ3n) is 2.82. The van der Waals surface area contributed by atoms with Gasteiger partial charge in [-0.25, -0.2) is 0 Å². The van der Waals surface area contributed by atoms with Crippen molar-refractivity contribution in [2.24, 2.45) is 5.73 Å². The van der Waals surface area contributed by atoms with Crippen LogP contribution in [-0.4, -0.2) is 11.7 Å². The van der Waals surface area contributed by atoms with Gasteiger partial charge < -0.3 is 15.0 Å². The Morgan fingerprint density at radius 2 is 1.94 bits per heavy atom. The van der Waals surface area contributed by atoms with E-state index in [2.05, 4.69) is 35.2 Å². The first-order chi connectivity index (χ1) is 8.19. The van der Waals surface area contributed by atoms with Crippen molar-refractivity contribution in [1.29, 1.82) is 0 Å². The van der Waals surface area contributed by atoms with E-state index in [1.165, 1.54) is 11.1 Å². The van der Waals surface area contributed by atoms with Gasteiger partial charge in [0.1, 0.15) is 5.75 Å². The third-order valence-corrected chi connectivity index (χ3v) is 2.82. The molecule has 90 valence electrons. The lowest BCUT2D eigenvalue weighted by Gasteiger charge is -2.05.